The first-order valence-electron chi connectivity index (χ1n) is 6.22. The summed E-state index contributed by atoms with van der Waals surface area (Å²) >= 11 is 5.81. The second-order valence-electron chi connectivity index (χ2n) is 4.85. The molecule has 0 aliphatic heterocycles. The van der Waals surface area contributed by atoms with Crippen molar-refractivity contribution in [1.82, 2.24) is 14.8 Å². The van der Waals surface area contributed by atoms with E-state index >= 15 is 0 Å². The van der Waals surface area contributed by atoms with E-state index < -0.39 is 11.6 Å². The van der Waals surface area contributed by atoms with Crippen molar-refractivity contribution in [2.24, 2.45) is 5.92 Å². The standard InChI is InChI=1S/C13H15ClF2N4/c1-8(2)6-20-12(18-7-19-20)5-17-13-10(14)3-9(15)4-11(13)16/h3-4,7-8,17H,5-6H2,1-2H3. The average Bonchev–Trinajstić information content (AvgIpc) is 2.74. The van der Waals surface area contributed by atoms with E-state index in [1.807, 2.05) is 0 Å². The van der Waals surface area contributed by atoms with Crippen LogP contribution in [0.4, 0.5) is 14.5 Å². The predicted molar refractivity (Wildman–Crippen MR) is 73.6 cm³/mol. The number of hydrogen-bond donors (Lipinski definition) is 1. The molecule has 0 unspecified atom stereocenters. The molecule has 0 saturated carbocycles. The van der Waals surface area contributed by atoms with Crippen molar-refractivity contribution >= 4 is 17.3 Å². The number of aromatic nitrogens is 3. The topological polar surface area (TPSA) is 42.7 Å². The van der Waals surface area contributed by atoms with Crippen LogP contribution in [0.2, 0.25) is 5.02 Å². The molecule has 108 valence electrons. The molecule has 0 aliphatic carbocycles. The summed E-state index contributed by atoms with van der Waals surface area (Å²) in [4.78, 5) is 4.11. The SMILES string of the molecule is CC(C)Cn1ncnc1CNc1c(F)cc(F)cc1Cl. The van der Waals surface area contributed by atoms with Gasteiger partial charge >= 0.3 is 0 Å². The molecule has 0 bridgehead atoms. The van der Waals surface area contributed by atoms with Gasteiger partial charge in [0.2, 0.25) is 0 Å². The van der Waals surface area contributed by atoms with Gasteiger partial charge < -0.3 is 5.32 Å². The Hall–Kier alpha value is -1.69. The van der Waals surface area contributed by atoms with E-state index in [2.05, 4.69) is 29.2 Å². The lowest BCUT2D eigenvalue weighted by molar-refractivity contribution is 0.468. The largest absolute Gasteiger partial charge is 0.374 e. The molecule has 1 aromatic carbocycles. The minimum absolute atomic E-state index is 0.00238. The van der Waals surface area contributed by atoms with Gasteiger partial charge in [-0.1, -0.05) is 25.4 Å². The first-order valence-corrected chi connectivity index (χ1v) is 6.60. The first-order chi connectivity index (χ1) is 9.47. The fourth-order valence-electron chi connectivity index (χ4n) is 1.80. The van der Waals surface area contributed by atoms with Gasteiger partial charge in [0.15, 0.2) is 5.82 Å². The van der Waals surface area contributed by atoms with Gasteiger partial charge in [0.05, 0.1) is 17.3 Å². The Labute approximate surface area is 120 Å². The normalized spacial score (nSPS) is 11.1. The molecular formula is C13H15ClF2N4. The van der Waals surface area contributed by atoms with Crippen LogP contribution < -0.4 is 5.32 Å². The lowest BCUT2D eigenvalue weighted by atomic mass is 10.2. The maximum Gasteiger partial charge on any atom is 0.150 e. The third kappa shape index (κ3) is 3.45. The number of benzene rings is 1. The van der Waals surface area contributed by atoms with Crippen molar-refractivity contribution < 1.29 is 8.78 Å². The van der Waals surface area contributed by atoms with Crippen molar-refractivity contribution in [3.8, 4) is 0 Å². The van der Waals surface area contributed by atoms with Crippen LogP contribution in [0.3, 0.4) is 0 Å². The lowest BCUT2D eigenvalue weighted by Crippen LogP contribution is -2.14. The van der Waals surface area contributed by atoms with Crippen molar-refractivity contribution in [3.63, 3.8) is 0 Å². The first kappa shape index (κ1) is 14.7. The number of nitrogens with zero attached hydrogens (tertiary/aromatic N) is 3. The molecule has 4 nitrogen and oxygen atoms in total. The minimum Gasteiger partial charge on any atom is -0.374 e. The van der Waals surface area contributed by atoms with Crippen LogP contribution in [-0.4, -0.2) is 14.8 Å². The molecule has 2 aromatic rings. The summed E-state index contributed by atoms with van der Waals surface area (Å²) in [6, 6.07) is 1.85. The molecule has 0 spiro atoms. The van der Waals surface area contributed by atoms with E-state index in [9.17, 15) is 8.78 Å². The molecule has 7 heteroatoms. The molecule has 0 amide bonds. The third-order valence-electron chi connectivity index (χ3n) is 2.66. The molecule has 0 atom stereocenters. The molecule has 20 heavy (non-hydrogen) atoms. The molecule has 0 radical (unpaired) electrons. The van der Waals surface area contributed by atoms with Gasteiger partial charge in [-0.15, -0.1) is 0 Å². The molecule has 1 aromatic heterocycles. The number of hydrogen-bond acceptors (Lipinski definition) is 3. The van der Waals surface area contributed by atoms with Crippen LogP contribution in [0.5, 0.6) is 0 Å². The van der Waals surface area contributed by atoms with Gasteiger partial charge in [-0.25, -0.2) is 18.4 Å². The Kier molecular flexibility index (Phi) is 4.54. The Balaban J connectivity index is 2.12. The van der Waals surface area contributed by atoms with E-state index in [4.69, 9.17) is 11.6 Å². The van der Waals surface area contributed by atoms with Gasteiger partial charge in [-0.2, -0.15) is 5.10 Å². The summed E-state index contributed by atoms with van der Waals surface area (Å²) in [5.74, 6) is -0.356. The van der Waals surface area contributed by atoms with E-state index in [0.717, 1.165) is 18.7 Å². The highest BCUT2D eigenvalue weighted by Crippen LogP contribution is 2.26. The highest BCUT2D eigenvalue weighted by atomic mass is 35.5. The predicted octanol–water partition coefficient (Wildman–Crippen LogP) is 3.48. The van der Waals surface area contributed by atoms with Crippen molar-refractivity contribution in [2.45, 2.75) is 26.9 Å². The van der Waals surface area contributed by atoms with Crippen LogP contribution in [0.25, 0.3) is 0 Å². The van der Waals surface area contributed by atoms with Crippen LogP contribution in [-0.2, 0) is 13.1 Å². The second kappa shape index (κ2) is 6.17. The fourth-order valence-corrected chi connectivity index (χ4v) is 2.06. The fraction of sp³-hybridized carbons (Fsp3) is 0.385. The van der Waals surface area contributed by atoms with E-state index in [-0.39, 0.29) is 17.3 Å². The number of rotatable bonds is 5. The Morgan fingerprint density at radius 3 is 2.75 bits per heavy atom. The summed E-state index contributed by atoms with van der Waals surface area (Å²) in [7, 11) is 0. The number of anilines is 1. The second-order valence-corrected chi connectivity index (χ2v) is 5.26. The van der Waals surface area contributed by atoms with Crippen LogP contribution in [0.15, 0.2) is 18.5 Å². The van der Waals surface area contributed by atoms with Crippen molar-refractivity contribution in [2.75, 3.05) is 5.32 Å². The molecule has 1 heterocycles. The van der Waals surface area contributed by atoms with E-state index in [1.165, 1.54) is 6.33 Å². The third-order valence-corrected chi connectivity index (χ3v) is 2.96. The average molecular weight is 301 g/mol. The molecule has 2 rings (SSSR count). The highest BCUT2D eigenvalue weighted by molar-refractivity contribution is 6.33. The van der Waals surface area contributed by atoms with Gasteiger partial charge in [0.25, 0.3) is 0 Å². The zero-order chi connectivity index (χ0) is 14.7. The van der Waals surface area contributed by atoms with Crippen molar-refractivity contribution in [1.29, 1.82) is 0 Å². The molecule has 0 aliphatic rings. The summed E-state index contributed by atoms with van der Waals surface area (Å²) in [5, 5.41) is 6.93. The maximum absolute atomic E-state index is 13.6. The van der Waals surface area contributed by atoms with Crippen LogP contribution in [0, 0.1) is 17.6 Å². The van der Waals surface area contributed by atoms with Crippen molar-refractivity contribution in [3.05, 3.63) is 40.9 Å². The minimum atomic E-state index is -0.732. The van der Waals surface area contributed by atoms with Gasteiger partial charge in [0.1, 0.15) is 18.0 Å². The number of halogens is 3. The smallest absolute Gasteiger partial charge is 0.150 e. The maximum atomic E-state index is 13.6. The van der Waals surface area contributed by atoms with Gasteiger partial charge in [0, 0.05) is 12.6 Å². The Morgan fingerprint density at radius 2 is 2.10 bits per heavy atom. The van der Waals surface area contributed by atoms with Gasteiger partial charge in [-0.3, -0.25) is 0 Å². The van der Waals surface area contributed by atoms with E-state index in [1.54, 1.807) is 4.68 Å². The molecule has 0 fully saturated rings. The molecule has 1 N–H and O–H groups in total. The summed E-state index contributed by atoms with van der Waals surface area (Å²) in [5.41, 5.74) is 0.0622. The van der Waals surface area contributed by atoms with E-state index in [0.29, 0.717) is 11.7 Å². The Bertz CT molecular complexity index is 575. The summed E-state index contributed by atoms with van der Waals surface area (Å²) in [6.45, 7) is 5.11. The molecule has 0 saturated heterocycles. The van der Waals surface area contributed by atoms with Crippen LogP contribution in [0.1, 0.15) is 19.7 Å². The number of nitrogens with one attached hydrogen (secondary N) is 1. The zero-order valence-corrected chi connectivity index (χ0v) is 12.0. The Morgan fingerprint density at radius 1 is 1.35 bits per heavy atom. The summed E-state index contributed by atoms with van der Waals surface area (Å²) in [6.07, 6.45) is 1.45. The van der Waals surface area contributed by atoms with Gasteiger partial charge in [-0.05, 0) is 12.0 Å². The summed E-state index contributed by atoms with van der Waals surface area (Å²) < 4.78 is 28.3. The highest BCUT2D eigenvalue weighted by Gasteiger charge is 2.12. The lowest BCUT2D eigenvalue weighted by Gasteiger charge is -2.11. The quantitative estimate of drug-likeness (QED) is 0.919. The molecular weight excluding hydrogens is 286 g/mol. The monoisotopic (exact) mass is 300 g/mol. The van der Waals surface area contributed by atoms with Crippen LogP contribution >= 0.6 is 11.6 Å². The zero-order valence-electron chi connectivity index (χ0n) is 11.2.